The molecule has 0 aromatic carbocycles. The van der Waals surface area contributed by atoms with E-state index >= 15 is 0 Å². The fraction of sp³-hybridized carbons (Fsp3) is 0.810. The van der Waals surface area contributed by atoms with E-state index in [-0.39, 0.29) is 0 Å². The van der Waals surface area contributed by atoms with Gasteiger partial charge in [-0.2, -0.15) is 0 Å². The third-order valence-corrected chi connectivity index (χ3v) is 12.7. The van der Waals surface area contributed by atoms with Gasteiger partial charge in [0.1, 0.15) is 0 Å². The first-order chi connectivity index (χ1) is 12.2. The second-order valence-corrected chi connectivity index (χ2v) is 14.8. The predicted octanol–water partition coefficient (Wildman–Crippen LogP) is 5.64. The molecule has 1 aliphatic rings. The predicted molar refractivity (Wildman–Crippen MR) is 114 cm³/mol. The van der Waals surface area contributed by atoms with Crippen LogP contribution in [0.1, 0.15) is 78.6 Å². The molecule has 1 saturated heterocycles. The van der Waals surface area contributed by atoms with Gasteiger partial charge in [0.15, 0.2) is 0 Å². The minimum atomic E-state index is -0.558. The Labute approximate surface area is 169 Å². The van der Waals surface area contributed by atoms with Gasteiger partial charge >= 0.3 is 170 Å². The second kappa shape index (κ2) is 11.9. The summed E-state index contributed by atoms with van der Waals surface area (Å²) < 4.78 is 7.99. The van der Waals surface area contributed by atoms with Crippen molar-refractivity contribution in [3.63, 3.8) is 0 Å². The van der Waals surface area contributed by atoms with Crippen molar-refractivity contribution in [2.45, 2.75) is 82.0 Å². The first-order valence-electron chi connectivity index (χ1n) is 10.4. The molecule has 2 heterocycles. The molecule has 2 radical (unpaired) electrons. The number of nitrogens with zero attached hydrogens (tertiary/aromatic N) is 1. The number of ether oxygens (including phenoxy) is 1. The number of hydrogen-bond donors (Lipinski definition) is 0. The fourth-order valence-electron chi connectivity index (χ4n) is 3.72. The number of thiophene rings is 1. The second-order valence-electron chi connectivity index (χ2n) is 7.45. The molecule has 0 bridgehead atoms. The number of hydrogen-bond acceptors (Lipinski definition) is 3. The van der Waals surface area contributed by atoms with Crippen LogP contribution < -0.4 is 7.79 Å². The van der Waals surface area contributed by atoms with Gasteiger partial charge in [-0.25, -0.2) is 0 Å². The standard InChI is InChI=1S/C13H27.C8H10NOS.Sn/c1-4-7-10-13(11-8-5-2)12-9-6-3;1-2-8(11-7-1)9-3-5-10-6-4-9;/h4-12H2,1-3H3;1-2H,3-6H2;. The molecule has 0 spiro atoms. The van der Waals surface area contributed by atoms with E-state index in [0.717, 1.165) is 26.3 Å². The van der Waals surface area contributed by atoms with Gasteiger partial charge in [0, 0.05) is 0 Å². The third kappa shape index (κ3) is 7.06. The van der Waals surface area contributed by atoms with E-state index in [4.69, 9.17) is 4.74 Å². The van der Waals surface area contributed by atoms with E-state index in [0.29, 0.717) is 3.43 Å². The molecular weight excluding hydrogens is 433 g/mol. The van der Waals surface area contributed by atoms with E-state index in [1.165, 1.54) is 62.8 Å². The summed E-state index contributed by atoms with van der Waals surface area (Å²) in [6, 6.07) is 4.89. The summed E-state index contributed by atoms with van der Waals surface area (Å²) in [7, 11) is 0. The van der Waals surface area contributed by atoms with Crippen LogP contribution in [0.25, 0.3) is 0 Å². The van der Waals surface area contributed by atoms with Crippen molar-refractivity contribution >= 4 is 40.4 Å². The number of anilines is 1. The molecule has 0 atom stereocenters. The number of rotatable bonds is 12. The summed E-state index contributed by atoms with van der Waals surface area (Å²) in [6.45, 7) is 11.0. The van der Waals surface area contributed by atoms with Crippen LogP contribution >= 0.6 is 11.3 Å². The van der Waals surface area contributed by atoms with Crippen LogP contribution in [0.2, 0.25) is 3.43 Å². The van der Waals surface area contributed by atoms with E-state index in [1.807, 2.05) is 0 Å². The molecule has 1 aliphatic heterocycles. The van der Waals surface area contributed by atoms with Gasteiger partial charge < -0.3 is 0 Å². The van der Waals surface area contributed by atoms with Crippen LogP contribution in [0.4, 0.5) is 5.00 Å². The van der Waals surface area contributed by atoms with Crippen LogP contribution in [0.3, 0.4) is 0 Å². The first kappa shape index (κ1) is 21.6. The Kier molecular flexibility index (Phi) is 10.2. The van der Waals surface area contributed by atoms with Crippen LogP contribution in [-0.4, -0.2) is 47.4 Å². The molecule has 1 fully saturated rings. The average Bonchev–Trinajstić information content (AvgIpc) is 3.12. The molecule has 2 rings (SSSR count). The molecule has 0 saturated carbocycles. The zero-order valence-electron chi connectivity index (χ0n) is 16.6. The third-order valence-electron chi connectivity index (χ3n) is 5.33. The van der Waals surface area contributed by atoms with E-state index < -0.39 is 21.1 Å². The summed E-state index contributed by atoms with van der Waals surface area (Å²) in [5.41, 5.74) is 0. The van der Waals surface area contributed by atoms with Gasteiger partial charge in [0.2, 0.25) is 0 Å². The fourth-order valence-corrected chi connectivity index (χ4v) is 11.9. The van der Waals surface area contributed by atoms with Crippen molar-refractivity contribution in [2.75, 3.05) is 31.2 Å². The molecule has 142 valence electrons. The maximum absolute atomic E-state index is 5.52. The van der Waals surface area contributed by atoms with Crippen molar-refractivity contribution in [2.24, 2.45) is 0 Å². The van der Waals surface area contributed by atoms with E-state index in [9.17, 15) is 0 Å². The Balaban J connectivity index is 2.08. The van der Waals surface area contributed by atoms with Crippen molar-refractivity contribution in [3.8, 4) is 0 Å². The Bertz CT molecular complexity index is 448. The zero-order chi connectivity index (χ0) is 18.0. The summed E-state index contributed by atoms with van der Waals surface area (Å²) >= 11 is 1.55. The number of morpholine rings is 1. The Morgan fingerprint density at radius 1 is 0.960 bits per heavy atom. The van der Waals surface area contributed by atoms with Crippen molar-refractivity contribution in [3.05, 3.63) is 12.1 Å². The van der Waals surface area contributed by atoms with Crippen LogP contribution in [-0.2, 0) is 4.74 Å². The summed E-state index contributed by atoms with van der Waals surface area (Å²) in [4.78, 5) is 2.53. The van der Waals surface area contributed by atoms with Crippen molar-refractivity contribution < 1.29 is 4.74 Å². The van der Waals surface area contributed by atoms with Gasteiger partial charge in [0.25, 0.3) is 0 Å². The van der Waals surface area contributed by atoms with Gasteiger partial charge in [-0.15, -0.1) is 0 Å². The van der Waals surface area contributed by atoms with Crippen molar-refractivity contribution in [1.82, 2.24) is 0 Å². The molecule has 1 aromatic rings. The number of unbranched alkanes of at least 4 members (excludes halogenated alkanes) is 3. The molecule has 25 heavy (non-hydrogen) atoms. The monoisotopic (exact) mass is 471 g/mol. The van der Waals surface area contributed by atoms with Gasteiger partial charge in [-0.1, -0.05) is 0 Å². The van der Waals surface area contributed by atoms with Gasteiger partial charge in [-0.05, 0) is 0 Å². The topological polar surface area (TPSA) is 12.5 Å². The molecule has 0 unspecified atom stereocenters. The normalized spacial score (nSPS) is 15.7. The summed E-state index contributed by atoms with van der Waals surface area (Å²) in [5.74, 6) is 0. The zero-order valence-corrected chi connectivity index (χ0v) is 20.3. The Morgan fingerprint density at radius 2 is 1.52 bits per heavy atom. The molecule has 0 N–H and O–H groups in total. The Morgan fingerprint density at radius 3 is 2.04 bits per heavy atom. The van der Waals surface area contributed by atoms with Gasteiger partial charge in [0.05, 0.1) is 0 Å². The molecular formula is C21H37NOSSn. The van der Waals surface area contributed by atoms with Crippen LogP contribution in [0, 0.1) is 0 Å². The Hall–Kier alpha value is 0.259. The molecule has 0 aliphatic carbocycles. The molecule has 1 aromatic heterocycles. The molecule has 4 heteroatoms. The molecule has 0 amide bonds. The SMILES string of the molecule is CCCC[C](CCCC)(CCCC)[Sn][c]1ccc(N2CCOCC2)s1. The van der Waals surface area contributed by atoms with E-state index in [2.05, 4.69) is 49.1 Å². The summed E-state index contributed by atoms with van der Waals surface area (Å²) in [6.07, 6.45) is 12.8. The van der Waals surface area contributed by atoms with E-state index in [1.54, 1.807) is 2.89 Å². The minimum absolute atomic E-state index is 0.558. The first-order valence-corrected chi connectivity index (χ1v) is 14.1. The van der Waals surface area contributed by atoms with Crippen LogP contribution in [0.5, 0.6) is 0 Å². The average molecular weight is 470 g/mol. The quantitative estimate of drug-likeness (QED) is 0.367. The molecule has 2 nitrogen and oxygen atoms in total. The summed E-state index contributed by atoms with van der Waals surface area (Å²) in [5, 5.41) is 1.49. The van der Waals surface area contributed by atoms with Crippen LogP contribution in [0.15, 0.2) is 12.1 Å². The maximum atomic E-state index is 5.52. The van der Waals surface area contributed by atoms with Crippen molar-refractivity contribution in [1.29, 1.82) is 0 Å². The van der Waals surface area contributed by atoms with Gasteiger partial charge in [-0.3, -0.25) is 0 Å².